The molecule has 2 aliphatic heterocycles. The first-order valence-electron chi connectivity index (χ1n) is 10.3. The number of carbonyl (C=O) groups is 2. The van der Waals surface area contributed by atoms with Gasteiger partial charge in [-0.3, -0.25) is 9.69 Å². The summed E-state index contributed by atoms with van der Waals surface area (Å²) in [6.07, 6.45) is 1.82. The molecule has 31 heavy (non-hydrogen) atoms. The highest BCUT2D eigenvalue weighted by Crippen LogP contribution is 2.44. The molecular formula is C23H23N3O4S. The average molecular weight is 438 g/mol. The Labute approximate surface area is 183 Å². The first kappa shape index (κ1) is 19.8. The molecule has 0 saturated carbocycles. The Kier molecular flexibility index (Phi) is 5.03. The van der Waals surface area contributed by atoms with Crippen molar-refractivity contribution in [1.82, 2.24) is 9.47 Å². The fourth-order valence-electron chi connectivity index (χ4n) is 4.35. The molecule has 3 aromatic rings. The van der Waals surface area contributed by atoms with E-state index >= 15 is 0 Å². The second kappa shape index (κ2) is 7.86. The number of ether oxygens (including phenoxy) is 1. The van der Waals surface area contributed by atoms with Gasteiger partial charge in [0.2, 0.25) is 5.91 Å². The van der Waals surface area contributed by atoms with Crippen LogP contribution in [0.5, 0.6) is 5.75 Å². The largest absolute Gasteiger partial charge is 0.495 e. The lowest BCUT2D eigenvalue weighted by Crippen LogP contribution is -2.42. The maximum absolute atomic E-state index is 12.6. The van der Waals surface area contributed by atoms with E-state index in [2.05, 4.69) is 10.2 Å². The molecule has 1 saturated heterocycles. The molecule has 0 radical (unpaired) electrons. The molecule has 5 rings (SSSR count). The van der Waals surface area contributed by atoms with Gasteiger partial charge in [0.25, 0.3) is 0 Å². The molecule has 1 amide bonds. The number of nitrogens with one attached hydrogen (secondary N) is 1. The van der Waals surface area contributed by atoms with Crippen molar-refractivity contribution in [3.63, 3.8) is 0 Å². The SMILES string of the molecule is COc1cc2c(cc1NC(=O)CN1CCC1)-c1c(-c3cccs3)cc(C(=O)O)n1CC2. The van der Waals surface area contributed by atoms with Crippen LogP contribution in [0.3, 0.4) is 0 Å². The third-order valence-corrected chi connectivity index (χ3v) is 6.88. The number of carboxylic acids is 1. The number of hydrogen-bond acceptors (Lipinski definition) is 5. The quantitative estimate of drug-likeness (QED) is 0.613. The zero-order valence-electron chi connectivity index (χ0n) is 17.2. The molecule has 1 fully saturated rings. The Hall–Kier alpha value is -3.10. The van der Waals surface area contributed by atoms with Gasteiger partial charge < -0.3 is 19.7 Å². The zero-order valence-corrected chi connectivity index (χ0v) is 18.0. The molecule has 2 N–H and O–H groups in total. The number of fused-ring (bicyclic) bond motifs is 3. The number of anilines is 1. The van der Waals surface area contributed by atoms with Gasteiger partial charge in [0.05, 0.1) is 25.0 Å². The van der Waals surface area contributed by atoms with Crippen LogP contribution in [-0.4, -0.2) is 53.2 Å². The molecular weight excluding hydrogens is 414 g/mol. The first-order valence-corrected chi connectivity index (χ1v) is 11.2. The summed E-state index contributed by atoms with van der Waals surface area (Å²) in [6.45, 7) is 2.84. The lowest BCUT2D eigenvalue weighted by Gasteiger charge is -2.30. The van der Waals surface area contributed by atoms with Crippen molar-refractivity contribution in [2.24, 2.45) is 0 Å². The maximum Gasteiger partial charge on any atom is 0.352 e. The van der Waals surface area contributed by atoms with Gasteiger partial charge in [-0.15, -0.1) is 11.3 Å². The van der Waals surface area contributed by atoms with Gasteiger partial charge in [0.1, 0.15) is 11.4 Å². The number of methoxy groups -OCH3 is 1. The number of carboxylic acid groups (broad SMARTS) is 1. The van der Waals surface area contributed by atoms with Gasteiger partial charge in [-0.05, 0) is 61.1 Å². The van der Waals surface area contributed by atoms with Crippen molar-refractivity contribution in [2.45, 2.75) is 19.4 Å². The first-order chi connectivity index (χ1) is 15.0. The van der Waals surface area contributed by atoms with Crippen molar-refractivity contribution in [2.75, 3.05) is 32.1 Å². The number of aromatic nitrogens is 1. The van der Waals surface area contributed by atoms with Gasteiger partial charge in [-0.2, -0.15) is 0 Å². The number of carbonyl (C=O) groups excluding carboxylic acids is 1. The molecule has 0 unspecified atom stereocenters. The summed E-state index contributed by atoms with van der Waals surface area (Å²) < 4.78 is 7.44. The Bertz CT molecular complexity index is 1160. The number of likely N-dealkylation sites (tertiary alicyclic amines) is 1. The molecule has 2 aliphatic rings. The van der Waals surface area contributed by atoms with Crippen LogP contribution in [0.15, 0.2) is 35.7 Å². The molecule has 2 aromatic heterocycles. The number of aryl methyl sites for hydroxylation is 1. The summed E-state index contributed by atoms with van der Waals surface area (Å²) in [5.41, 5.74) is 4.68. The molecule has 0 bridgehead atoms. The predicted molar refractivity (Wildman–Crippen MR) is 120 cm³/mol. The van der Waals surface area contributed by atoms with Crippen LogP contribution < -0.4 is 10.1 Å². The van der Waals surface area contributed by atoms with Crippen LogP contribution in [0.1, 0.15) is 22.5 Å². The number of thiophene rings is 1. The Morgan fingerprint density at radius 3 is 2.68 bits per heavy atom. The van der Waals surface area contributed by atoms with Gasteiger partial charge in [-0.1, -0.05) is 6.07 Å². The highest BCUT2D eigenvalue weighted by Gasteiger charge is 2.28. The minimum atomic E-state index is -0.941. The van der Waals surface area contributed by atoms with Crippen LogP contribution in [0, 0.1) is 0 Å². The van der Waals surface area contributed by atoms with E-state index < -0.39 is 5.97 Å². The molecule has 7 nitrogen and oxygen atoms in total. The van der Waals surface area contributed by atoms with Crippen LogP contribution in [0.25, 0.3) is 21.7 Å². The Balaban J connectivity index is 1.60. The Morgan fingerprint density at radius 2 is 2.03 bits per heavy atom. The van der Waals surface area contributed by atoms with E-state index in [4.69, 9.17) is 4.74 Å². The number of aromatic carboxylic acids is 1. The van der Waals surface area contributed by atoms with Crippen molar-refractivity contribution in [3.05, 3.63) is 47.0 Å². The van der Waals surface area contributed by atoms with Crippen molar-refractivity contribution in [1.29, 1.82) is 0 Å². The molecule has 0 aliphatic carbocycles. The number of benzene rings is 1. The molecule has 160 valence electrons. The number of hydrogen-bond donors (Lipinski definition) is 2. The van der Waals surface area contributed by atoms with Gasteiger partial charge in [0, 0.05) is 22.5 Å². The van der Waals surface area contributed by atoms with E-state index in [1.54, 1.807) is 24.5 Å². The van der Waals surface area contributed by atoms with Gasteiger partial charge in [-0.25, -0.2) is 4.79 Å². The topological polar surface area (TPSA) is 83.8 Å². The van der Waals surface area contributed by atoms with Crippen LogP contribution in [-0.2, 0) is 17.8 Å². The van der Waals surface area contributed by atoms with E-state index in [1.165, 1.54) is 0 Å². The fraction of sp³-hybridized carbons (Fsp3) is 0.304. The lowest BCUT2D eigenvalue weighted by atomic mass is 9.94. The summed E-state index contributed by atoms with van der Waals surface area (Å²) in [4.78, 5) is 27.6. The minimum absolute atomic E-state index is 0.0751. The fourth-order valence-corrected chi connectivity index (χ4v) is 5.09. The van der Waals surface area contributed by atoms with E-state index in [0.717, 1.165) is 46.8 Å². The van der Waals surface area contributed by atoms with Crippen molar-refractivity contribution < 1.29 is 19.4 Å². The van der Waals surface area contributed by atoms with E-state index in [1.807, 2.05) is 34.2 Å². The molecule has 1 aromatic carbocycles. The standard InChI is InChI=1S/C23H23N3O4S/c1-30-19-10-14-5-8-26-18(23(28)29)12-16(20-4-2-9-31-20)22(26)15(14)11-17(19)24-21(27)13-25-6-3-7-25/h2,4,9-12H,3,5-8,13H2,1H3,(H,24,27)(H,28,29). The third-order valence-electron chi connectivity index (χ3n) is 5.98. The van der Waals surface area contributed by atoms with E-state index in [9.17, 15) is 14.7 Å². The number of rotatable bonds is 6. The summed E-state index contributed by atoms with van der Waals surface area (Å²) in [5.74, 6) is -0.398. The van der Waals surface area contributed by atoms with Gasteiger partial charge in [0.15, 0.2) is 0 Å². The Morgan fingerprint density at radius 1 is 1.19 bits per heavy atom. The average Bonchev–Trinajstić information content (AvgIpc) is 3.38. The summed E-state index contributed by atoms with van der Waals surface area (Å²) in [6, 6.07) is 9.61. The normalized spacial score (nSPS) is 15.0. The van der Waals surface area contributed by atoms with E-state index in [-0.39, 0.29) is 11.6 Å². The summed E-state index contributed by atoms with van der Waals surface area (Å²) in [7, 11) is 1.60. The maximum atomic E-state index is 12.6. The predicted octanol–water partition coefficient (Wildman–Crippen LogP) is 3.79. The summed E-state index contributed by atoms with van der Waals surface area (Å²) >= 11 is 1.58. The number of amides is 1. The summed E-state index contributed by atoms with van der Waals surface area (Å²) in [5, 5.41) is 14.8. The molecule has 0 atom stereocenters. The second-order valence-corrected chi connectivity index (χ2v) is 8.81. The molecule has 0 spiro atoms. The van der Waals surface area contributed by atoms with Crippen LogP contribution in [0.2, 0.25) is 0 Å². The molecule has 8 heteroatoms. The third kappa shape index (κ3) is 3.51. The number of nitrogens with zero attached hydrogens (tertiary/aromatic N) is 2. The minimum Gasteiger partial charge on any atom is -0.495 e. The van der Waals surface area contributed by atoms with E-state index in [0.29, 0.717) is 30.9 Å². The highest BCUT2D eigenvalue weighted by molar-refractivity contribution is 7.13. The van der Waals surface area contributed by atoms with Crippen molar-refractivity contribution >= 4 is 28.9 Å². The second-order valence-electron chi connectivity index (χ2n) is 7.86. The highest BCUT2D eigenvalue weighted by atomic mass is 32.1. The van der Waals surface area contributed by atoms with Crippen LogP contribution in [0.4, 0.5) is 5.69 Å². The monoisotopic (exact) mass is 437 g/mol. The van der Waals surface area contributed by atoms with Crippen LogP contribution >= 0.6 is 11.3 Å². The van der Waals surface area contributed by atoms with Crippen molar-refractivity contribution in [3.8, 4) is 27.4 Å². The zero-order chi connectivity index (χ0) is 21.5. The molecule has 4 heterocycles. The smallest absolute Gasteiger partial charge is 0.352 e. The lowest BCUT2D eigenvalue weighted by molar-refractivity contribution is -0.118. The van der Waals surface area contributed by atoms with Gasteiger partial charge >= 0.3 is 5.97 Å².